The fraction of sp³-hybridized carbons (Fsp3) is 0.308. The Kier molecular flexibility index (Phi) is 5.51. The second kappa shape index (κ2) is 7.13. The monoisotopic (exact) mass is 261 g/mol. The van der Waals surface area contributed by atoms with Gasteiger partial charge >= 0.3 is 0 Å². The highest BCUT2D eigenvalue weighted by Gasteiger charge is 2.12. The molecule has 0 saturated heterocycles. The third-order valence-corrected chi connectivity index (χ3v) is 2.49. The summed E-state index contributed by atoms with van der Waals surface area (Å²) >= 11 is 0. The molecule has 0 aromatic heterocycles. The van der Waals surface area contributed by atoms with Gasteiger partial charge in [0.2, 0.25) is 5.91 Å². The van der Waals surface area contributed by atoms with E-state index in [0.717, 1.165) is 5.56 Å². The zero-order valence-electron chi connectivity index (χ0n) is 10.6. The first kappa shape index (κ1) is 14.7. The van der Waals surface area contributed by atoms with Crippen molar-refractivity contribution < 1.29 is 9.72 Å². The minimum Gasteiger partial charge on any atom is -0.344 e. The van der Waals surface area contributed by atoms with Crippen LogP contribution >= 0.6 is 0 Å². The number of carbonyl (C=O) groups is 1. The van der Waals surface area contributed by atoms with Gasteiger partial charge in [-0.1, -0.05) is 18.1 Å². The Morgan fingerprint density at radius 2 is 2.32 bits per heavy atom. The number of terminal acetylenes is 1. The van der Waals surface area contributed by atoms with E-state index in [1.54, 1.807) is 19.1 Å². The maximum absolute atomic E-state index is 11.5. The first-order valence-electron chi connectivity index (χ1n) is 5.72. The number of nitro benzene ring substituents is 1. The Labute approximate surface area is 111 Å². The van der Waals surface area contributed by atoms with Gasteiger partial charge in [-0.3, -0.25) is 14.9 Å². The molecule has 100 valence electrons. The van der Waals surface area contributed by atoms with E-state index >= 15 is 0 Å². The second-order valence-corrected chi connectivity index (χ2v) is 3.95. The maximum atomic E-state index is 11.5. The highest BCUT2D eigenvalue weighted by Crippen LogP contribution is 2.12. The number of benzene rings is 1. The van der Waals surface area contributed by atoms with Gasteiger partial charge in [0, 0.05) is 18.7 Å². The van der Waals surface area contributed by atoms with Gasteiger partial charge in [-0.25, -0.2) is 0 Å². The highest BCUT2D eigenvalue weighted by molar-refractivity contribution is 5.81. The summed E-state index contributed by atoms with van der Waals surface area (Å²) in [6, 6.07) is 5.84. The van der Waals surface area contributed by atoms with Crippen LogP contribution in [0.2, 0.25) is 0 Å². The summed E-state index contributed by atoms with van der Waals surface area (Å²) in [5.41, 5.74) is 0.773. The fourth-order valence-corrected chi connectivity index (χ4v) is 1.43. The van der Waals surface area contributed by atoms with E-state index in [9.17, 15) is 14.9 Å². The summed E-state index contributed by atoms with van der Waals surface area (Å²) in [6.45, 7) is 2.25. The molecule has 2 N–H and O–H groups in total. The van der Waals surface area contributed by atoms with E-state index in [-0.39, 0.29) is 18.1 Å². The third-order valence-electron chi connectivity index (χ3n) is 2.49. The molecule has 0 radical (unpaired) electrons. The number of nitro groups is 1. The smallest absolute Gasteiger partial charge is 0.269 e. The van der Waals surface area contributed by atoms with Gasteiger partial charge in [0.1, 0.15) is 0 Å². The lowest BCUT2D eigenvalue weighted by Crippen LogP contribution is -2.41. The number of hydrogen-bond acceptors (Lipinski definition) is 4. The van der Waals surface area contributed by atoms with E-state index in [0.29, 0.717) is 6.54 Å². The van der Waals surface area contributed by atoms with E-state index < -0.39 is 11.0 Å². The Bertz CT molecular complexity index is 508. The van der Waals surface area contributed by atoms with Crippen molar-refractivity contribution in [1.82, 2.24) is 10.6 Å². The molecular weight excluding hydrogens is 246 g/mol. The molecule has 0 aliphatic carbocycles. The largest absolute Gasteiger partial charge is 0.344 e. The number of hydrogen-bond donors (Lipinski definition) is 2. The van der Waals surface area contributed by atoms with Gasteiger partial charge in [-0.15, -0.1) is 6.42 Å². The van der Waals surface area contributed by atoms with Gasteiger partial charge in [0.15, 0.2) is 0 Å². The van der Waals surface area contributed by atoms with Crippen LogP contribution < -0.4 is 10.6 Å². The van der Waals surface area contributed by atoms with Crippen molar-refractivity contribution in [3.63, 3.8) is 0 Å². The quantitative estimate of drug-likeness (QED) is 0.451. The van der Waals surface area contributed by atoms with Crippen molar-refractivity contribution in [2.75, 3.05) is 6.54 Å². The Hall–Kier alpha value is -2.39. The van der Waals surface area contributed by atoms with Crippen LogP contribution in [0.3, 0.4) is 0 Å². The fourth-order valence-electron chi connectivity index (χ4n) is 1.43. The number of nitrogens with one attached hydrogen (secondary N) is 2. The molecule has 1 unspecified atom stereocenters. The molecule has 6 heteroatoms. The summed E-state index contributed by atoms with van der Waals surface area (Å²) in [5, 5.41) is 16.1. The number of non-ortho nitro benzene ring substituents is 1. The number of rotatable bonds is 6. The van der Waals surface area contributed by atoms with Crippen LogP contribution in [0.15, 0.2) is 24.3 Å². The average Bonchev–Trinajstić information content (AvgIpc) is 2.42. The molecule has 0 spiro atoms. The van der Waals surface area contributed by atoms with Crippen molar-refractivity contribution >= 4 is 11.6 Å². The Morgan fingerprint density at radius 1 is 1.58 bits per heavy atom. The molecule has 0 saturated carbocycles. The van der Waals surface area contributed by atoms with E-state index in [1.807, 2.05) is 0 Å². The molecule has 0 aliphatic rings. The van der Waals surface area contributed by atoms with Gasteiger partial charge in [0.05, 0.1) is 17.5 Å². The van der Waals surface area contributed by atoms with E-state index in [1.165, 1.54) is 12.1 Å². The lowest BCUT2D eigenvalue weighted by atomic mass is 10.2. The van der Waals surface area contributed by atoms with Crippen LogP contribution in [0.1, 0.15) is 12.5 Å². The number of carbonyl (C=O) groups excluding carboxylic acids is 1. The zero-order chi connectivity index (χ0) is 14.3. The Balaban J connectivity index is 2.52. The van der Waals surface area contributed by atoms with Crippen LogP contribution in [0.25, 0.3) is 0 Å². The molecule has 6 nitrogen and oxygen atoms in total. The van der Waals surface area contributed by atoms with Crippen molar-refractivity contribution in [3.8, 4) is 12.3 Å². The molecule has 0 fully saturated rings. The summed E-state index contributed by atoms with van der Waals surface area (Å²) in [4.78, 5) is 21.7. The normalized spacial score (nSPS) is 11.4. The molecule has 0 heterocycles. The molecule has 0 bridgehead atoms. The van der Waals surface area contributed by atoms with Crippen molar-refractivity contribution in [2.45, 2.75) is 19.5 Å². The summed E-state index contributed by atoms with van der Waals surface area (Å²) in [7, 11) is 0. The molecule has 19 heavy (non-hydrogen) atoms. The SMILES string of the molecule is C#CCNC(=O)C(C)NCc1cccc([N+](=O)[O-])c1. The molecule has 1 atom stereocenters. The number of amides is 1. The van der Waals surface area contributed by atoms with Crippen LogP contribution in [0.5, 0.6) is 0 Å². The predicted molar refractivity (Wildman–Crippen MR) is 71.2 cm³/mol. The summed E-state index contributed by atoms with van der Waals surface area (Å²) < 4.78 is 0. The van der Waals surface area contributed by atoms with E-state index in [2.05, 4.69) is 16.6 Å². The molecular formula is C13H15N3O3. The Morgan fingerprint density at radius 3 is 2.95 bits per heavy atom. The van der Waals surface area contributed by atoms with Crippen LogP contribution in [-0.4, -0.2) is 23.4 Å². The van der Waals surface area contributed by atoms with Gasteiger partial charge < -0.3 is 10.6 Å². The van der Waals surface area contributed by atoms with Crippen molar-refractivity contribution in [3.05, 3.63) is 39.9 Å². The molecule has 1 aromatic rings. The van der Waals surface area contributed by atoms with Crippen molar-refractivity contribution in [1.29, 1.82) is 0 Å². The highest BCUT2D eigenvalue weighted by atomic mass is 16.6. The second-order valence-electron chi connectivity index (χ2n) is 3.95. The lowest BCUT2D eigenvalue weighted by Gasteiger charge is -2.12. The molecule has 0 aliphatic heterocycles. The van der Waals surface area contributed by atoms with Crippen LogP contribution in [-0.2, 0) is 11.3 Å². The van der Waals surface area contributed by atoms with Gasteiger partial charge in [-0.05, 0) is 12.5 Å². The molecule has 1 amide bonds. The molecule has 1 rings (SSSR count). The van der Waals surface area contributed by atoms with Gasteiger partial charge in [0.25, 0.3) is 5.69 Å². The predicted octanol–water partition coefficient (Wildman–Crippen LogP) is 0.822. The topological polar surface area (TPSA) is 84.3 Å². The summed E-state index contributed by atoms with van der Waals surface area (Å²) in [5.74, 6) is 2.11. The van der Waals surface area contributed by atoms with Crippen molar-refractivity contribution in [2.24, 2.45) is 0 Å². The van der Waals surface area contributed by atoms with Crippen LogP contribution in [0.4, 0.5) is 5.69 Å². The van der Waals surface area contributed by atoms with Crippen LogP contribution in [0, 0.1) is 22.5 Å². The summed E-state index contributed by atoms with van der Waals surface area (Å²) in [6.07, 6.45) is 5.04. The first-order valence-corrected chi connectivity index (χ1v) is 5.72. The minimum absolute atomic E-state index is 0.0312. The maximum Gasteiger partial charge on any atom is 0.269 e. The number of nitrogens with zero attached hydrogens (tertiary/aromatic N) is 1. The van der Waals surface area contributed by atoms with Gasteiger partial charge in [-0.2, -0.15) is 0 Å². The lowest BCUT2D eigenvalue weighted by molar-refractivity contribution is -0.384. The third kappa shape index (κ3) is 4.77. The van der Waals surface area contributed by atoms with E-state index in [4.69, 9.17) is 6.42 Å². The minimum atomic E-state index is -0.452. The first-order chi connectivity index (χ1) is 9.04. The average molecular weight is 261 g/mol. The zero-order valence-corrected chi connectivity index (χ0v) is 10.6. The standard InChI is InChI=1S/C13H15N3O3/c1-3-7-14-13(17)10(2)15-9-11-5-4-6-12(8-11)16(18)19/h1,4-6,8,10,15H,7,9H2,2H3,(H,14,17). The molecule has 1 aromatic carbocycles.